The highest BCUT2D eigenvalue weighted by atomic mass is 32.2. The van der Waals surface area contributed by atoms with E-state index in [-0.39, 0.29) is 24.4 Å². The molecule has 0 bridgehead atoms. The molecule has 0 aliphatic carbocycles. The standard InChI is InChI=1S/C14H21N3O5S2/c1-21-12-4-2-10(3-5-12)9-22-14(18)17-8-13(23)6-11(17)7-16-24(15,19)20/h2-5,11,13,16,23H,6-9H2,1H3,(H2,15,19,20)/t11-,13-/m0/s1. The first kappa shape index (κ1) is 18.8. The van der Waals surface area contributed by atoms with Crippen LogP contribution in [-0.4, -0.2) is 50.9 Å². The molecule has 0 aromatic heterocycles. The maximum atomic E-state index is 12.3. The van der Waals surface area contributed by atoms with Gasteiger partial charge in [0.05, 0.1) is 7.11 Å². The van der Waals surface area contributed by atoms with E-state index in [0.717, 1.165) is 11.3 Å². The van der Waals surface area contributed by atoms with Gasteiger partial charge in [-0.2, -0.15) is 21.0 Å². The lowest BCUT2D eigenvalue weighted by Gasteiger charge is -2.23. The van der Waals surface area contributed by atoms with Crippen molar-refractivity contribution in [2.24, 2.45) is 5.14 Å². The van der Waals surface area contributed by atoms with Gasteiger partial charge in [-0.25, -0.2) is 14.7 Å². The van der Waals surface area contributed by atoms with E-state index in [1.54, 1.807) is 31.4 Å². The average Bonchev–Trinajstić information content (AvgIpc) is 2.91. The second-order valence-corrected chi connectivity index (χ2v) is 7.60. The van der Waals surface area contributed by atoms with E-state index in [0.29, 0.717) is 13.0 Å². The molecule has 0 spiro atoms. The second kappa shape index (κ2) is 8.06. The average molecular weight is 375 g/mol. The summed E-state index contributed by atoms with van der Waals surface area (Å²) in [6.07, 6.45) is 0.0482. The van der Waals surface area contributed by atoms with E-state index in [9.17, 15) is 13.2 Å². The number of carbonyl (C=O) groups excluding carboxylic acids is 1. The smallest absolute Gasteiger partial charge is 0.410 e. The van der Waals surface area contributed by atoms with Crippen LogP contribution in [0.25, 0.3) is 0 Å². The zero-order valence-corrected chi connectivity index (χ0v) is 14.9. The number of amides is 1. The lowest BCUT2D eigenvalue weighted by molar-refractivity contribution is 0.0927. The Hall–Kier alpha value is -1.49. The van der Waals surface area contributed by atoms with Gasteiger partial charge in [-0.15, -0.1) is 0 Å². The summed E-state index contributed by atoms with van der Waals surface area (Å²) in [5.41, 5.74) is 0.824. The lowest BCUT2D eigenvalue weighted by atomic mass is 10.2. The largest absolute Gasteiger partial charge is 0.497 e. The summed E-state index contributed by atoms with van der Waals surface area (Å²) in [5.74, 6) is 0.719. The Morgan fingerprint density at radius 1 is 1.42 bits per heavy atom. The van der Waals surface area contributed by atoms with Crippen molar-refractivity contribution in [3.05, 3.63) is 29.8 Å². The van der Waals surface area contributed by atoms with Crippen LogP contribution in [0.1, 0.15) is 12.0 Å². The van der Waals surface area contributed by atoms with Crippen molar-refractivity contribution in [1.29, 1.82) is 0 Å². The predicted molar refractivity (Wildman–Crippen MR) is 92.2 cm³/mol. The molecule has 1 aromatic rings. The van der Waals surface area contributed by atoms with Gasteiger partial charge in [-0.05, 0) is 24.1 Å². The fraction of sp³-hybridized carbons (Fsp3) is 0.500. The Morgan fingerprint density at radius 2 is 2.08 bits per heavy atom. The molecular weight excluding hydrogens is 354 g/mol. The van der Waals surface area contributed by atoms with E-state index < -0.39 is 16.3 Å². The molecule has 0 unspecified atom stereocenters. The van der Waals surface area contributed by atoms with Crippen LogP contribution in [0, 0.1) is 0 Å². The van der Waals surface area contributed by atoms with Crippen LogP contribution < -0.4 is 14.6 Å². The number of likely N-dealkylation sites (tertiary alicyclic amines) is 1. The highest BCUT2D eigenvalue weighted by molar-refractivity contribution is 7.87. The molecule has 8 nitrogen and oxygen atoms in total. The van der Waals surface area contributed by atoms with Gasteiger partial charge in [0, 0.05) is 24.4 Å². The van der Waals surface area contributed by atoms with Gasteiger partial charge in [-0.1, -0.05) is 12.1 Å². The number of thiol groups is 1. The molecule has 1 aromatic carbocycles. The molecule has 1 aliphatic heterocycles. The van der Waals surface area contributed by atoms with E-state index in [2.05, 4.69) is 17.4 Å². The number of benzene rings is 1. The zero-order chi connectivity index (χ0) is 17.7. The van der Waals surface area contributed by atoms with Gasteiger partial charge in [0.2, 0.25) is 0 Å². The fourth-order valence-corrected chi connectivity index (χ4v) is 3.32. The molecule has 24 heavy (non-hydrogen) atoms. The maximum Gasteiger partial charge on any atom is 0.410 e. The van der Waals surface area contributed by atoms with Crippen LogP contribution in [0.4, 0.5) is 4.79 Å². The molecule has 2 rings (SSSR count). The highest BCUT2D eigenvalue weighted by Crippen LogP contribution is 2.23. The molecule has 1 fully saturated rings. The molecule has 1 saturated heterocycles. The third-order valence-corrected chi connectivity index (χ3v) is 4.61. The van der Waals surface area contributed by atoms with E-state index in [1.807, 2.05) is 0 Å². The number of hydrogen-bond acceptors (Lipinski definition) is 6. The number of nitrogens with one attached hydrogen (secondary N) is 1. The van der Waals surface area contributed by atoms with Crippen molar-refractivity contribution < 1.29 is 22.7 Å². The summed E-state index contributed by atoms with van der Waals surface area (Å²) in [6, 6.07) is 6.83. The van der Waals surface area contributed by atoms with Gasteiger partial charge < -0.3 is 14.4 Å². The van der Waals surface area contributed by atoms with Gasteiger partial charge in [0.1, 0.15) is 12.4 Å². The molecule has 1 aliphatic rings. The lowest BCUT2D eigenvalue weighted by Crippen LogP contribution is -2.44. The van der Waals surface area contributed by atoms with Crippen LogP contribution in [0.5, 0.6) is 5.75 Å². The molecule has 134 valence electrons. The van der Waals surface area contributed by atoms with Crippen LogP contribution in [0.15, 0.2) is 24.3 Å². The van der Waals surface area contributed by atoms with Crippen LogP contribution in [0.3, 0.4) is 0 Å². The quantitative estimate of drug-likeness (QED) is 0.627. The molecule has 0 radical (unpaired) electrons. The number of carbonyl (C=O) groups is 1. The Bertz CT molecular complexity index is 665. The van der Waals surface area contributed by atoms with Crippen LogP contribution >= 0.6 is 12.6 Å². The van der Waals surface area contributed by atoms with Gasteiger partial charge in [-0.3, -0.25) is 0 Å². The summed E-state index contributed by atoms with van der Waals surface area (Å²) in [4.78, 5) is 13.7. The monoisotopic (exact) mass is 375 g/mol. The number of ether oxygens (including phenoxy) is 2. The topological polar surface area (TPSA) is 111 Å². The summed E-state index contributed by atoms with van der Waals surface area (Å²) >= 11 is 4.36. The molecule has 1 heterocycles. The zero-order valence-electron chi connectivity index (χ0n) is 13.2. The number of nitrogens with zero attached hydrogens (tertiary/aromatic N) is 1. The van der Waals surface area contributed by atoms with Crippen molar-refractivity contribution in [2.75, 3.05) is 20.2 Å². The minimum atomic E-state index is -3.81. The Morgan fingerprint density at radius 3 is 2.67 bits per heavy atom. The molecule has 1 amide bonds. The summed E-state index contributed by atoms with van der Waals surface area (Å²) in [6.45, 7) is 0.543. The Labute approximate surface area is 146 Å². The summed E-state index contributed by atoms with van der Waals surface area (Å²) in [7, 11) is -2.23. The Kier molecular flexibility index (Phi) is 6.33. The third kappa shape index (κ3) is 5.55. The molecule has 3 N–H and O–H groups in total. The van der Waals surface area contributed by atoms with Gasteiger partial charge in [0.25, 0.3) is 10.2 Å². The predicted octanol–water partition coefficient (Wildman–Crippen LogP) is 0.498. The molecule has 10 heteroatoms. The summed E-state index contributed by atoms with van der Waals surface area (Å²) < 4.78 is 34.6. The molecular formula is C14H21N3O5S2. The first-order chi connectivity index (χ1) is 11.3. The van der Waals surface area contributed by atoms with Crippen molar-refractivity contribution in [3.8, 4) is 5.75 Å². The SMILES string of the molecule is COc1ccc(COC(=O)N2C[C@@H](S)C[C@H]2CNS(N)(=O)=O)cc1. The van der Waals surface area contributed by atoms with Crippen LogP contribution in [-0.2, 0) is 21.6 Å². The number of nitrogens with two attached hydrogens (primary N) is 1. The maximum absolute atomic E-state index is 12.3. The number of hydrogen-bond donors (Lipinski definition) is 3. The normalized spacial score (nSPS) is 20.9. The number of rotatable bonds is 6. The highest BCUT2D eigenvalue weighted by Gasteiger charge is 2.35. The Balaban J connectivity index is 1.91. The van der Waals surface area contributed by atoms with E-state index in [4.69, 9.17) is 14.6 Å². The first-order valence-corrected chi connectivity index (χ1v) is 9.36. The van der Waals surface area contributed by atoms with Gasteiger partial charge in [0.15, 0.2) is 0 Å². The van der Waals surface area contributed by atoms with Crippen molar-refractivity contribution in [2.45, 2.75) is 24.3 Å². The fourth-order valence-electron chi connectivity index (χ4n) is 2.47. The molecule has 2 atom stereocenters. The third-order valence-electron chi connectivity index (χ3n) is 3.67. The second-order valence-electron chi connectivity index (χ2n) is 5.49. The van der Waals surface area contributed by atoms with Crippen molar-refractivity contribution in [3.63, 3.8) is 0 Å². The van der Waals surface area contributed by atoms with Crippen molar-refractivity contribution in [1.82, 2.24) is 9.62 Å². The molecule has 0 saturated carbocycles. The number of methoxy groups -OCH3 is 1. The first-order valence-electron chi connectivity index (χ1n) is 7.30. The summed E-state index contributed by atoms with van der Waals surface area (Å²) in [5, 5.41) is 4.89. The van der Waals surface area contributed by atoms with Gasteiger partial charge >= 0.3 is 6.09 Å². The van der Waals surface area contributed by atoms with Crippen molar-refractivity contribution >= 4 is 28.9 Å². The minimum Gasteiger partial charge on any atom is -0.497 e. The van der Waals surface area contributed by atoms with E-state index >= 15 is 0 Å². The van der Waals surface area contributed by atoms with Crippen LogP contribution in [0.2, 0.25) is 0 Å². The van der Waals surface area contributed by atoms with E-state index in [1.165, 1.54) is 4.90 Å². The minimum absolute atomic E-state index is 0.0352.